The van der Waals surface area contributed by atoms with Crippen LogP contribution in [0.4, 0.5) is 0 Å². The third-order valence-corrected chi connectivity index (χ3v) is 7.59. The zero-order chi connectivity index (χ0) is 27.0. The number of hydrogen-bond donors (Lipinski definition) is 2. The molecule has 0 heterocycles. The smallest absolute Gasteiger partial charge is 0.0701 e. The molecule has 0 saturated heterocycles. The van der Waals surface area contributed by atoms with E-state index < -0.39 is 0 Å². The Morgan fingerprint density at radius 1 is 0.400 bits per heavy atom. The largest absolute Gasteiger partial charge is 0.378 e. The van der Waals surface area contributed by atoms with Crippen molar-refractivity contribution in [3.63, 3.8) is 0 Å². The second-order valence-electron chi connectivity index (χ2n) is 10.2. The fraction of sp³-hybridized carbons (Fsp3) is 0.222. The van der Waals surface area contributed by atoms with Crippen LogP contribution in [0.1, 0.15) is 11.1 Å². The first-order valence-corrected chi connectivity index (χ1v) is 14.2. The summed E-state index contributed by atoms with van der Waals surface area (Å²) in [5, 5.41) is 17.5. The zero-order valence-electron chi connectivity index (χ0n) is 22.9. The Morgan fingerprint density at radius 3 is 1.07 bits per heavy atom. The van der Waals surface area contributed by atoms with Gasteiger partial charge in [0.15, 0.2) is 0 Å². The average Bonchev–Trinajstić information content (AvgIpc) is 3.00. The first kappa shape index (κ1) is 26.4. The van der Waals surface area contributed by atoms with E-state index in [1.807, 2.05) is 0 Å². The van der Waals surface area contributed by atoms with E-state index in [0.717, 1.165) is 26.2 Å². The number of nitrogens with one attached hydrogen (secondary N) is 2. The second kappa shape index (κ2) is 13.0. The molecule has 6 aromatic rings. The lowest BCUT2D eigenvalue weighted by molar-refractivity contribution is 0.0498. The van der Waals surface area contributed by atoms with Crippen LogP contribution < -0.4 is 10.6 Å². The van der Waals surface area contributed by atoms with Crippen molar-refractivity contribution < 1.29 is 9.47 Å². The summed E-state index contributed by atoms with van der Waals surface area (Å²) >= 11 is 0. The lowest BCUT2D eigenvalue weighted by Crippen LogP contribution is -2.22. The molecule has 2 N–H and O–H groups in total. The van der Waals surface area contributed by atoms with Gasteiger partial charge in [-0.3, -0.25) is 0 Å². The van der Waals surface area contributed by atoms with Crippen molar-refractivity contribution in [2.75, 3.05) is 39.5 Å². The Bertz CT molecular complexity index is 1490. The molecule has 4 heteroatoms. The van der Waals surface area contributed by atoms with Gasteiger partial charge in [-0.2, -0.15) is 0 Å². The molecule has 0 unspecified atom stereocenters. The Kier molecular flexibility index (Phi) is 8.61. The molecule has 0 aliphatic heterocycles. The Morgan fingerprint density at radius 2 is 0.725 bits per heavy atom. The monoisotopic (exact) mass is 528 g/mol. The van der Waals surface area contributed by atoms with Gasteiger partial charge in [0.05, 0.1) is 26.4 Å². The summed E-state index contributed by atoms with van der Waals surface area (Å²) in [4.78, 5) is 0. The average molecular weight is 529 g/mol. The van der Waals surface area contributed by atoms with Crippen LogP contribution in [0.15, 0.2) is 109 Å². The molecule has 4 nitrogen and oxygen atoms in total. The van der Waals surface area contributed by atoms with Crippen molar-refractivity contribution >= 4 is 43.1 Å². The second-order valence-corrected chi connectivity index (χ2v) is 10.2. The lowest BCUT2D eigenvalue weighted by atomic mass is 9.97. The lowest BCUT2D eigenvalue weighted by Gasteiger charge is -2.13. The quantitative estimate of drug-likeness (QED) is 0.123. The SMILES string of the molecule is c1ccc2c(CNCCOCCOCCNCc3c4ccccc4cc4ccccc34)c3ccccc3cc2c1. The molecular weight excluding hydrogens is 492 g/mol. The summed E-state index contributed by atoms with van der Waals surface area (Å²) in [7, 11) is 0. The topological polar surface area (TPSA) is 42.5 Å². The molecule has 202 valence electrons. The molecule has 0 radical (unpaired) electrons. The van der Waals surface area contributed by atoms with E-state index in [2.05, 4.69) is 120 Å². The maximum atomic E-state index is 5.81. The minimum atomic E-state index is 0.604. The summed E-state index contributed by atoms with van der Waals surface area (Å²) in [6, 6.07) is 39.0. The molecule has 0 aliphatic rings. The van der Waals surface area contributed by atoms with E-state index in [-0.39, 0.29) is 0 Å². The van der Waals surface area contributed by atoms with Crippen molar-refractivity contribution in [1.82, 2.24) is 10.6 Å². The molecule has 0 saturated carbocycles. The molecule has 0 bridgehead atoms. The molecule has 6 rings (SSSR count). The molecule has 40 heavy (non-hydrogen) atoms. The van der Waals surface area contributed by atoms with Crippen molar-refractivity contribution in [2.24, 2.45) is 0 Å². The zero-order valence-corrected chi connectivity index (χ0v) is 22.9. The fourth-order valence-electron chi connectivity index (χ4n) is 5.63. The van der Waals surface area contributed by atoms with Gasteiger partial charge in [-0.25, -0.2) is 0 Å². The molecule has 0 atom stereocenters. The molecule has 0 spiro atoms. The number of rotatable bonds is 13. The summed E-state index contributed by atoms with van der Waals surface area (Å²) in [6.07, 6.45) is 0. The maximum absolute atomic E-state index is 5.81. The van der Waals surface area contributed by atoms with Gasteiger partial charge in [0.2, 0.25) is 0 Å². The summed E-state index contributed by atoms with van der Waals surface area (Å²) < 4.78 is 11.6. The number of fused-ring (bicyclic) bond motifs is 4. The third-order valence-electron chi connectivity index (χ3n) is 7.59. The third kappa shape index (κ3) is 6.01. The van der Waals surface area contributed by atoms with Crippen molar-refractivity contribution in [1.29, 1.82) is 0 Å². The molecule has 0 aromatic heterocycles. The first-order chi connectivity index (χ1) is 19.9. The highest BCUT2D eigenvalue weighted by Gasteiger charge is 2.08. The van der Waals surface area contributed by atoms with Crippen LogP contribution in [0.3, 0.4) is 0 Å². The predicted octanol–water partition coefficient (Wildman–Crippen LogP) is 7.21. The minimum absolute atomic E-state index is 0.604. The number of benzene rings is 6. The molecular formula is C36H36N2O2. The van der Waals surface area contributed by atoms with Gasteiger partial charge < -0.3 is 20.1 Å². The van der Waals surface area contributed by atoms with E-state index in [0.29, 0.717) is 26.4 Å². The first-order valence-electron chi connectivity index (χ1n) is 14.2. The minimum Gasteiger partial charge on any atom is -0.378 e. The molecule has 0 aliphatic carbocycles. The van der Waals surface area contributed by atoms with Gasteiger partial charge >= 0.3 is 0 Å². The van der Waals surface area contributed by atoms with Crippen LogP contribution in [-0.2, 0) is 22.6 Å². The Hall–Kier alpha value is -3.80. The van der Waals surface area contributed by atoms with E-state index >= 15 is 0 Å². The van der Waals surface area contributed by atoms with Crippen molar-refractivity contribution in [2.45, 2.75) is 13.1 Å². The van der Waals surface area contributed by atoms with Crippen LogP contribution in [0.25, 0.3) is 43.1 Å². The van der Waals surface area contributed by atoms with Crippen LogP contribution in [-0.4, -0.2) is 39.5 Å². The van der Waals surface area contributed by atoms with E-state index in [1.165, 1.54) is 54.2 Å². The predicted molar refractivity (Wildman–Crippen MR) is 168 cm³/mol. The van der Waals surface area contributed by atoms with E-state index in [1.54, 1.807) is 0 Å². The van der Waals surface area contributed by atoms with Gasteiger partial charge in [0.1, 0.15) is 0 Å². The van der Waals surface area contributed by atoms with Gasteiger partial charge in [0, 0.05) is 26.2 Å². The standard InChI is InChI=1S/C36H36N2O2/c1-5-13-31-27(9-1)23-28-10-2-6-14-32(28)35(31)25-37-17-19-39-21-22-40-20-18-38-26-36-33-15-7-3-11-29(33)24-30-12-4-8-16-34(30)36/h1-16,23-24,37-38H,17-22,25-26H2. The highest BCUT2D eigenvalue weighted by atomic mass is 16.5. The molecule has 6 aromatic carbocycles. The van der Waals surface area contributed by atoms with Gasteiger partial charge in [-0.1, -0.05) is 97.1 Å². The highest BCUT2D eigenvalue weighted by Crippen LogP contribution is 2.29. The normalized spacial score (nSPS) is 11.7. The number of ether oxygens (including phenoxy) is 2. The molecule has 0 fully saturated rings. The summed E-state index contributed by atoms with van der Waals surface area (Å²) in [6.45, 7) is 5.78. The van der Waals surface area contributed by atoms with Crippen LogP contribution >= 0.6 is 0 Å². The van der Waals surface area contributed by atoms with Crippen LogP contribution in [0.2, 0.25) is 0 Å². The Labute approximate surface area is 235 Å². The van der Waals surface area contributed by atoms with Gasteiger partial charge in [-0.05, 0) is 66.3 Å². The fourth-order valence-corrected chi connectivity index (χ4v) is 5.63. The number of hydrogen-bond acceptors (Lipinski definition) is 4. The summed E-state index contributed by atoms with van der Waals surface area (Å²) in [5.41, 5.74) is 2.70. The highest BCUT2D eigenvalue weighted by molar-refractivity contribution is 6.03. The van der Waals surface area contributed by atoms with E-state index in [9.17, 15) is 0 Å². The van der Waals surface area contributed by atoms with Crippen LogP contribution in [0, 0.1) is 0 Å². The van der Waals surface area contributed by atoms with E-state index in [4.69, 9.17) is 9.47 Å². The Balaban J connectivity index is 0.899. The maximum Gasteiger partial charge on any atom is 0.0701 e. The summed E-state index contributed by atoms with van der Waals surface area (Å²) in [5.74, 6) is 0. The molecule has 0 amide bonds. The van der Waals surface area contributed by atoms with Gasteiger partial charge in [0.25, 0.3) is 0 Å². The van der Waals surface area contributed by atoms with Crippen molar-refractivity contribution in [3.05, 3.63) is 120 Å². The van der Waals surface area contributed by atoms with Crippen LogP contribution in [0.5, 0.6) is 0 Å². The van der Waals surface area contributed by atoms with Gasteiger partial charge in [-0.15, -0.1) is 0 Å². The van der Waals surface area contributed by atoms with Crippen molar-refractivity contribution in [3.8, 4) is 0 Å².